The maximum Gasteiger partial charge on any atom is 0.234 e. The van der Waals surface area contributed by atoms with Crippen LogP contribution in [0.5, 0.6) is 11.5 Å². The average molecular weight is 361 g/mol. The number of methoxy groups -OCH3 is 1. The van der Waals surface area contributed by atoms with Crippen LogP contribution in [-0.4, -0.2) is 33.8 Å². The van der Waals surface area contributed by atoms with Crippen molar-refractivity contribution in [2.75, 3.05) is 18.2 Å². The van der Waals surface area contributed by atoms with Crippen LogP contribution in [-0.2, 0) is 4.79 Å². The van der Waals surface area contributed by atoms with E-state index in [4.69, 9.17) is 4.74 Å². The SMILES string of the molecule is COc1cc(NC(=O)CSc2nc3nc(C)ccc3s2)ccc1O. The number of hydrogen-bond acceptors (Lipinski definition) is 7. The van der Waals surface area contributed by atoms with E-state index in [1.807, 2.05) is 19.1 Å². The van der Waals surface area contributed by atoms with Gasteiger partial charge in [0.1, 0.15) is 0 Å². The molecule has 6 nitrogen and oxygen atoms in total. The summed E-state index contributed by atoms with van der Waals surface area (Å²) in [5.74, 6) is 0.425. The van der Waals surface area contributed by atoms with Gasteiger partial charge in [-0.15, -0.1) is 11.3 Å². The van der Waals surface area contributed by atoms with Crippen molar-refractivity contribution in [2.45, 2.75) is 11.3 Å². The van der Waals surface area contributed by atoms with E-state index in [2.05, 4.69) is 15.3 Å². The van der Waals surface area contributed by atoms with Gasteiger partial charge in [-0.3, -0.25) is 4.79 Å². The highest BCUT2D eigenvalue weighted by molar-refractivity contribution is 8.01. The van der Waals surface area contributed by atoms with Crippen LogP contribution in [0, 0.1) is 6.92 Å². The van der Waals surface area contributed by atoms with Gasteiger partial charge in [0, 0.05) is 17.4 Å². The monoisotopic (exact) mass is 361 g/mol. The maximum atomic E-state index is 12.1. The number of nitrogens with zero attached hydrogens (tertiary/aromatic N) is 2. The Labute approximate surface area is 146 Å². The number of pyridine rings is 1. The van der Waals surface area contributed by atoms with Crippen LogP contribution < -0.4 is 10.1 Å². The van der Waals surface area contributed by atoms with Crippen molar-refractivity contribution in [2.24, 2.45) is 0 Å². The summed E-state index contributed by atoms with van der Waals surface area (Å²) < 4.78 is 6.83. The Balaban J connectivity index is 1.62. The van der Waals surface area contributed by atoms with Crippen LogP contribution in [0.2, 0.25) is 0 Å². The number of nitrogens with one attached hydrogen (secondary N) is 1. The Morgan fingerprint density at radius 1 is 1.33 bits per heavy atom. The van der Waals surface area contributed by atoms with Crippen LogP contribution in [0.3, 0.4) is 0 Å². The van der Waals surface area contributed by atoms with Crippen LogP contribution >= 0.6 is 23.1 Å². The molecule has 8 heteroatoms. The lowest BCUT2D eigenvalue weighted by Gasteiger charge is -2.07. The van der Waals surface area contributed by atoms with E-state index in [9.17, 15) is 9.90 Å². The highest BCUT2D eigenvalue weighted by Gasteiger charge is 2.10. The molecule has 0 spiro atoms. The van der Waals surface area contributed by atoms with E-state index >= 15 is 0 Å². The second-order valence-electron chi connectivity index (χ2n) is 4.98. The number of aryl methyl sites for hydroxylation is 1. The molecule has 3 aromatic rings. The number of phenolic OH excluding ortho intramolecular Hbond substituents is 1. The Hall–Kier alpha value is -2.32. The van der Waals surface area contributed by atoms with Crippen molar-refractivity contribution >= 4 is 45.0 Å². The molecule has 0 aliphatic heterocycles. The number of fused-ring (bicyclic) bond motifs is 1. The zero-order valence-corrected chi connectivity index (χ0v) is 14.7. The molecule has 0 fully saturated rings. The van der Waals surface area contributed by atoms with Crippen molar-refractivity contribution in [1.29, 1.82) is 0 Å². The minimum absolute atomic E-state index is 0.0298. The topological polar surface area (TPSA) is 84.3 Å². The van der Waals surface area contributed by atoms with E-state index < -0.39 is 0 Å². The molecule has 24 heavy (non-hydrogen) atoms. The predicted molar refractivity (Wildman–Crippen MR) is 96.2 cm³/mol. The number of amides is 1. The van der Waals surface area contributed by atoms with E-state index in [0.717, 1.165) is 14.7 Å². The molecule has 2 heterocycles. The van der Waals surface area contributed by atoms with Crippen molar-refractivity contribution in [1.82, 2.24) is 9.97 Å². The normalized spacial score (nSPS) is 10.8. The quantitative estimate of drug-likeness (QED) is 0.535. The molecule has 0 aliphatic carbocycles. The minimum Gasteiger partial charge on any atom is -0.504 e. The highest BCUT2D eigenvalue weighted by Crippen LogP contribution is 2.30. The molecule has 0 saturated carbocycles. The number of carbonyl (C=O) groups excluding carboxylic acids is 1. The lowest BCUT2D eigenvalue weighted by atomic mass is 10.3. The van der Waals surface area contributed by atoms with Crippen LogP contribution in [0.4, 0.5) is 5.69 Å². The second kappa shape index (κ2) is 7.06. The van der Waals surface area contributed by atoms with E-state index in [0.29, 0.717) is 17.1 Å². The first-order valence-electron chi connectivity index (χ1n) is 7.09. The first-order chi connectivity index (χ1) is 11.5. The van der Waals surface area contributed by atoms with Crippen LogP contribution in [0.1, 0.15) is 5.69 Å². The highest BCUT2D eigenvalue weighted by atomic mass is 32.2. The summed E-state index contributed by atoms with van der Waals surface area (Å²) in [6.45, 7) is 1.92. The summed E-state index contributed by atoms with van der Waals surface area (Å²) in [7, 11) is 1.46. The largest absolute Gasteiger partial charge is 0.504 e. The Morgan fingerprint density at radius 2 is 2.17 bits per heavy atom. The van der Waals surface area contributed by atoms with Crippen molar-refractivity contribution < 1.29 is 14.6 Å². The maximum absolute atomic E-state index is 12.1. The molecule has 124 valence electrons. The van der Waals surface area contributed by atoms with Gasteiger partial charge in [-0.2, -0.15) is 0 Å². The summed E-state index contributed by atoms with van der Waals surface area (Å²) in [4.78, 5) is 20.9. The number of phenols is 1. The van der Waals surface area contributed by atoms with Crippen molar-refractivity contribution in [3.05, 3.63) is 36.0 Å². The molecule has 0 saturated heterocycles. The molecule has 0 unspecified atom stereocenters. The Bertz CT molecular complexity index is 895. The van der Waals surface area contributed by atoms with E-state index in [1.54, 1.807) is 12.1 Å². The molecule has 3 rings (SSSR count). The molecule has 0 aliphatic rings. The summed E-state index contributed by atoms with van der Waals surface area (Å²) >= 11 is 2.89. The Kier molecular flexibility index (Phi) is 4.86. The zero-order chi connectivity index (χ0) is 17.1. The van der Waals surface area contributed by atoms with Crippen LogP contribution in [0.15, 0.2) is 34.7 Å². The summed E-state index contributed by atoms with van der Waals surface area (Å²) in [6, 6.07) is 8.60. The van der Waals surface area contributed by atoms with Crippen molar-refractivity contribution in [3.8, 4) is 11.5 Å². The standard InChI is InChI=1S/C16H15N3O3S2/c1-9-3-6-13-15(17-9)19-16(24-13)23-8-14(21)18-10-4-5-11(20)12(7-10)22-2/h3-7,20H,8H2,1-2H3,(H,18,21). The number of aromatic hydroxyl groups is 1. The van der Waals surface area contributed by atoms with Gasteiger partial charge in [-0.05, 0) is 31.2 Å². The smallest absolute Gasteiger partial charge is 0.234 e. The van der Waals surface area contributed by atoms with E-state index in [-0.39, 0.29) is 17.4 Å². The van der Waals surface area contributed by atoms with Gasteiger partial charge in [0.05, 0.1) is 17.6 Å². The van der Waals surface area contributed by atoms with Crippen molar-refractivity contribution in [3.63, 3.8) is 0 Å². The molecule has 2 N–H and O–H groups in total. The first-order valence-corrected chi connectivity index (χ1v) is 8.89. The van der Waals surface area contributed by atoms with Gasteiger partial charge in [0.25, 0.3) is 0 Å². The number of rotatable bonds is 5. The first kappa shape index (κ1) is 16.5. The average Bonchev–Trinajstić information content (AvgIpc) is 2.96. The number of thioether (sulfide) groups is 1. The Morgan fingerprint density at radius 3 is 2.96 bits per heavy atom. The third-order valence-corrected chi connectivity index (χ3v) is 5.32. The molecule has 1 amide bonds. The van der Waals surface area contributed by atoms with Gasteiger partial charge in [-0.1, -0.05) is 11.8 Å². The number of benzene rings is 1. The third-order valence-electron chi connectivity index (χ3n) is 3.16. The molecule has 0 radical (unpaired) electrons. The van der Waals surface area contributed by atoms with Gasteiger partial charge < -0.3 is 15.2 Å². The summed E-state index contributed by atoms with van der Waals surface area (Å²) in [6.07, 6.45) is 0. The molecule has 2 aromatic heterocycles. The number of carbonyl (C=O) groups is 1. The lowest BCUT2D eigenvalue weighted by molar-refractivity contribution is -0.113. The number of ether oxygens (including phenoxy) is 1. The van der Waals surface area contributed by atoms with Gasteiger partial charge >= 0.3 is 0 Å². The molecular formula is C16H15N3O3S2. The molecule has 1 aromatic carbocycles. The molecular weight excluding hydrogens is 346 g/mol. The van der Waals surface area contributed by atoms with E-state index in [1.165, 1.54) is 36.3 Å². The molecule has 0 atom stereocenters. The fourth-order valence-electron chi connectivity index (χ4n) is 2.03. The minimum atomic E-state index is -0.156. The lowest BCUT2D eigenvalue weighted by Crippen LogP contribution is -2.13. The molecule has 0 bridgehead atoms. The summed E-state index contributed by atoms with van der Waals surface area (Å²) in [5.41, 5.74) is 2.20. The second-order valence-corrected chi connectivity index (χ2v) is 7.23. The van der Waals surface area contributed by atoms with Gasteiger partial charge in [0.15, 0.2) is 21.5 Å². The number of hydrogen-bond donors (Lipinski definition) is 2. The van der Waals surface area contributed by atoms with Gasteiger partial charge in [-0.25, -0.2) is 9.97 Å². The fourth-order valence-corrected chi connectivity index (χ4v) is 3.83. The fraction of sp³-hybridized carbons (Fsp3) is 0.188. The van der Waals surface area contributed by atoms with Crippen LogP contribution in [0.25, 0.3) is 10.3 Å². The number of aromatic nitrogens is 2. The number of anilines is 1. The number of thiazole rings is 1. The van der Waals surface area contributed by atoms with Gasteiger partial charge in [0.2, 0.25) is 5.91 Å². The predicted octanol–water partition coefficient (Wildman–Crippen LogP) is 3.44. The third kappa shape index (κ3) is 3.77. The zero-order valence-electron chi connectivity index (χ0n) is 13.1. The summed E-state index contributed by atoms with van der Waals surface area (Å²) in [5, 5.41) is 12.3.